The van der Waals surface area contributed by atoms with Gasteiger partial charge < -0.3 is 13.9 Å². The molecule has 156 valence electrons. The number of carbonyl (C=O) groups excluding carboxylic acids is 2. The minimum absolute atomic E-state index is 0.0938. The molecule has 0 aliphatic rings. The summed E-state index contributed by atoms with van der Waals surface area (Å²) < 4.78 is 45.1. The van der Waals surface area contributed by atoms with Crippen molar-refractivity contribution in [2.75, 3.05) is 6.61 Å². The lowest BCUT2D eigenvalue weighted by Gasteiger charge is -2.05. The Morgan fingerprint density at radius 2 is 1.53 bits per heavy atom. The van der Waals surface area contributed by atoms with Gasteiger partial charge in [-0.05, 0) is 50.5 Å². The highest BCUT2D eigenvalue weighted by Gasteiger charge is 2.20. The minimum Gasteiger partial charge on any atom is -0.462 e. The largest absolute Gasteiger partial charge is 0.462 e. The van der Waals surface area contributed by atoms with Crippen LogP contribution in [0.3, 0.4) is 0 Å². The second-order valence-corrected chi connectivity index (χ2v) is 6.96. The average Bonchev–Trinajstić information content (AvgIpc) is 3.08. The van der Waals surface area contributed by atoms with Crippen LogP contribution in [0.5, 0.6) is 5.75 Å². The van der Waals surface area contributed by atoms with Crippen LogP contribution in [0, 0.1) is 11.6 Å². The van der Waals surface area contributed by atoms with Crippen molar-refractivity contribution in [3.8, 4) is 5.75 Å². The number of rotatable bonds is 7. The summed E-state index contributed by atoms with van der Waals surface area (Å²) in [6, 6.07) is 6.01. The zero-order valence-corrected chi connectivity index (χ0v) is 16.6. The van der Waals surface area contributed by atoms with E-state index in [0.29, 0.717) is 34.8 Å². The van der Waals surface area contributed by atoms with Crippen LogP contribution in [0.1, 0.15) is 25.8 Å². The summed E-state index contributed by atoms with van der Waals surface area (Å²) >= 11 is 0. The fourth-order valence-corrected chi connectivity index (χ4v) is 2.87. The molecule has 0 bridgehead atoms. The molecule has 0 aliphatic carbocycles. The third-order valence-electron chi connectivity index (χ3n) is 4.46. The number of furan rings is 1. The normalized spacial score (nSPS) is 10.9. The van der Waals surface area contributed by atoms with E-state index in [1.54, 1.807) is 19.1 Å². The van der Waals surface area contributed by atoms with Crippen molar-refractivity contribution in [1.29, 1.82) is 0 Å². The summed E-state index contributed by atoms with van der Waals surface area (Å²) in [6.07, 6.45) is 0.698. The summed E-state index contributed by atoms with van der Waals surface area (Å²) in [7, 11) is 0. The van der Waals surface area contributed by atoms with Gasteiger partial charge in [0.1, 0.15) is 0 Å². The second kappa shape index (κ2) is 8.49. The van der Waals surface area contributed by atoms with E-state index in [9.17, 15) is 18.4 Å². The van der Waals surface area contributed by atoms with Crippen LogP contribution in [0.15, 0.2) is 53.0 Å². The van der Waals surface area contributed by atoms with Crippen LogP contribution < -0.4 is 4.74 Å². The first-order chi connectivity index (χ1) is 14.2. The molecule has 2 aromatic carbocycles. The molecule has 0 aliphatic heterocycles. The third kappa shape index (κ3) is 4.10. The molecule has 0 amide bonds. The standard InChI is InChI=1S/C23H20F2O5/c1-12(2)22(26)28-11-5-6-14-7-8-15-16-9-10-17(29-23(27)13(3)4)19(25)21(16)30-20(15)18(14)24/h7-10H,1,3,5-6,11H2,2,4H3. The lowest BCUT2D eigenvalue weighted by molar-refractivity contribution is -0.139. The van der Waals surface area contributed by atoms with Gasteiger partial charge in [0.15, 0.2) is 22.7 Å². The fraction of sp³-hybridized carbons (Fsp3) is 0.217. The predicted octanol–water partition coefficient (Wildman–Crippen LogP) is 5.40. The molecule has 7 heteroatoms. The van der Waals surface area contributed by atoms with Gasteiger partial charge in [-0.15, -0.1) is 0 Å². The molecule has 1 heterocycles. The van der Waals surface area contributed by atoms with E-state index in [4.69, 9.17) is 13.9 Å². The lowest BCUT2D eigenvalue weighted by Crippen LogP contribution is -2.09. The van der Waals surface area contributed by atoms with Gasteiger partial charge in [0, 0.05) is 21.9 Å². The Kier molecular flexibility index (Phi) is 6.01. The zero-order valence-electron chi connectivity index (χ0n) is 16.6. The number of fused-ring (bicyclic) bond motifs is 3. The van der Waals surface area contributed by atoms with Crippen molar-refractivity contribution in [3.05, 3.63) is 65.8 Å². The Morgan fingerprint density at radius 1 is 0.933 bits per heavy atom. The Bertz CT molecular complexity index is 1190. The van der Waals surface area contributed by atoms with Gasteiger partial charge in [-0.25, -0.2) is 14.0 Å². The van der Waals surface area contributed by atoms with Crippen molar-refractivity contribution in [1.82, 2.24) is 0 Å². The quantitative estimate of drug-likeness (QED) is 0.224. The zero-order chi connectivity index (χ0) is 22.0. The summed E-state index contributed by atoms with van der Waals surface area (Å²) in [5.41, 5.74) is 0.457. The van der Waals surface area contributed by atoms with Gasteiger partial charge in [-0.1, -0.05) is 19.2 Å². The van der Waals surface area contributed by atoms with Gasteiger partial charge in [0.25, 0.3) is 0 Å². The number of esters is 2. The smallest absolute Gasteiger partial charge is 0.338 e. The van der Waals surface area contributed by atoms with Crippen molar-refractivity contribution in [3.63, 3.8) is 0 Å². The Balaban J connectivity index is 1.87. The minimum atomic E-state index is -0.897. The number of ether oxygens (including phenoxy) is 2. The summed E-state index contributed by atoms with van der Waals surface area (Å²) in [5, 5.41) is 0.759. The number of aryl methyl sites for hydroxylation is 1. The van der Waals surface area contributed by atoms with Crippen molar-refractivity contribution in [2.24, 2.45) is 0 Å². The van der Waals surface area contributed by atoms with E-state index in [1.807, 2.05) is 0 Å². The maximum Gasteiger partial charge on any atom is 0.338 e. The molecule has 0 saturated heterocycles. The van der Waals surface area contributed by atoms with E-state index in [0.717, 1.165) is 0 Å². The summed E-state index contributed by atoms with van der Waals surface area (Å²) in [5.74, 6) is -3.11. The first-order valence-corrected chi connectivity index (χ1v) is 9.23. The molecule has 0 saturated carbocycles. The van der Waals surface area contributed by atoms with Crippen molar-refractivity contribution < 1.29 is 32.3 Å². The monoisotopic (exact) mass is 414 g/mol. The third-order valence-corrected chi connectivity index (χ3v) is 4.46. The van der Waals surface area contributed by atoms with E-state index in [1.165, 1.54) is 19.1 Å². The highest BCUT2D eigenvalue weighted by atomic mass is 19.1. The molecule has 0 spiro atoms. The Hall–Kier alpha value is -3.48. The van der Waals surface area contributed by atoms with E-state index >= 15 is 0 Å². The van der Waals surface area contributed by atoms with Crippen LogP contribution in [0.25, 0.3) is 21.9 Å². The Morgan fingerprint density at radius 3 is 2.17 bits per heavy atom. The first-order valence-electron chi connectivity index (χ1n) is 9.23. The number of benzene rings is 2. The molecule has 1 aromatic heterocycles. The molecule has 0 radical (unpaired) electrons. The predicted molar refractivity (Wildman–Crippen MR) is 108 cm³/mol. The van der Waals surface area contributed by atoms with Gasteiger partial charge in [0.05, 0.1) is 6.61 Å². The topological polar surface area (TPSA) is 65.7 Å². The molecular weight excluding hydrogens is 394 g/mol. The summed E-state index contributed by atoms with van der Waals surface area (Å²) in [4.78, 5) is 23.0. The average molecular weight is 414 g/mol. The highest BCUT2D eigenvalue weighted by molar-refractivity contribution is 6.06. The number of halogens is 2. The maximum atomic E-state index is 14.9. The van der Waals surface area contributed by atoms with Gasteiger partial charge >= 0.3 is 11.9 Å². The van der Waals surface area contributed by atoms with Gasteiger partial charge in [-0.2, -0.15) is 4.39 Å². The number of hydrogen-bond acceptors (Lipinski definition) is 5. The van der Waals surface area contributed by atoms with Crippen LogP contribution in [0.2, 0.25) is 0 Å². The van der Waals surface area contributed by atoms with E-state index < -0.39 is 23.6 Å². The second-order valence-electron chi connectivity index (χ2n) is 6.96. The number of hydrogen-bond donors (Lipinski definition) is 0. The highest BCUT2D eigenvalue weighted by Crippen LogP contribution is 2.36. The molecule has 3 aromatic rings. The molecule has 3 rings (SSSR count). The molecule has 30 heavy (non-hydrogen) atoms. The molecule has 0 unspecified atom stereocenters. The fourth-order valence-electron chi connectivity index (χ4n) is 2.87. The molecule has 0 N–H and O–H groups in total. The first kappa shape index (κ1) is 21.2. The van der Waals surface area contributed by atoms with Crippen LogP contribution in [-0.2, 0) is 20.7 Å². The molecule has 0 fully saturated rings. The summed E-state index contributed by atoms with van der Waals surface area (Å²) in [6.45, 7) is 10.0. The number of carbonyl (C=O) groups is 2. The van der Waals surface area contributed by atoms with Crippen molar-refractivity contribution >= 4 is 33.9 Å². The van der Waals surface area contributed by atoms with E-state index in [-0.39, 0.29) is 29.1 Å². The van der Waals surface area contributed by atoms with Gasteiger partial charge in [-0.3, -0.25) is 0 Å². The van der Waals surface area contributed by atoms with Crippen LogP contribution in [-0.4, -0.2) is 18.5 Å². The lowest BCUT2D eigenvalue weighted by atomic mass is 10.1. The Labute approximate surface area is 171 Å². The van der Waals surface area contributed by atoms with E-state index in [2.05, 4.69) is 13.2 Å². The SMILES string of the molecule is C=C(C)C(=O)OCCCc1ccc2c(oc3c(F)c(OC(=O)C(=C)C)ccc32)c1F. The van der Waals surface area contributed by atoms with Crippen molar-refractivity contribution in [2.45, 2.75) is 26.7 Å². The molecule has 5 nitrogen and oxygen atoms in total. The van der Waals surface area contributed by atoms with Gasteiger partial charge in [0.2, 0.25) is 5.82 Å². The van der Waals surface area contributed by atoms with Crippen LogP contribution in [0.4, 0.5) is 8.78 Å². The maximum absolute atomic E-state index is 14.9. The molecular formula is C23H20F2O5. The molecule has 0 atom stereocenters. The van der Waals surface area contributed by atoms with Crippen LogP contribution >= 0.6 is 0 Å².